The Balaban J connectivity index is 2.30. The zero-order chi connectivity index (χ0) is 14.0. The van der Waals surface area contributed by atoms with Gasteiger partial charge in [0.2, 0.25) is 11.1 Å². The third-order valence-corrected chi connectivity index (χ3v) is 3.51. The minimum atomic E-state index is -0.480. The van der Waals surface area contributed by atoms with Crippen molar-refractivity contribution >= 4 is 17.7 Å². The summed E-state index contributed by atoms with van der Waals surface area (Å²) in [5.74, 6) is 5.29. The van der Waals surface area contributed by atoms with Gasteiger partial charge < -0.3 is 11.6 Å². The first kappa shape index (κ1) is 13.3. The van der Waals surface area contributed by atoms with Gasteiger partial charge in [-0.3, -0.25) is 4.79 Å². The molecule has 0 saturated heterocycles. The molecular weight excluding hydrogens is 269 g/mol. The molecule has 1 aromatic heterocycles. The summed E-state index contributed by atoms with van der Waals surface area (Å²) in [5, 5.41) is 7.61. The van der Waals surface area contributed by atoms with Crippen molar-refractivity contribution in [2.75, 3.05) is 5.84 Å². The van der Waals surface area contributed by atoms with E-state index in [1.807, 2.05) is 0 Å². The molecule has 4 N–H and O–H groups in total. The number of hydrogen-bond donors (Lipinski definition) is 2. The number of benzene rings is 1. The second kappa shape index (κ2) is 5.27. The van der Waals surface area contributed by atoms with E-state index in [4.69, 9.17) is 11.6 Å². The SMILES string of the molecule is C[C@H](Sc1nnc(-c2cccc(F)c2)n1N)C(N)=O. The van der Waals surface area contributed by atoms with E-state index in [-0.39, 0.29) is 5.82 Å². The molecule has 1 heterocycles. The number of nitrogens with two attached hydrogens (primary N) is 2. The molecule has 100 valence electrons. The van der Waals surface area contributed by atoms with Gasteiger partial charge in [0.15, 0.2) is 5.82 Å². The summed E-state index contributed by atoms with van der Waals surface area (Å²) in [4.78, 5) is 11.0. The Morgan fingerprint density at radius 3 is 2.84 bits per heavy atom. The number of primary amides is 1. The van der Waals surface area contributed by atoms with Crippen molar-refractivity contribution in [1.82, 2.24) is 14.9 Å². The van der Waals surface area contributed by atoms with Crippen LogP contribution in [0.3, 0.4) is 0 Å². The van der Waals surface area contributed by atoms with Crippen LogP contribution in [0, 0.1) is 5.82 Å². The largest absolute Gasteiger partial charge is 0.369 e. The number of amides is 1. The molecule has 0 saturated carbocycles. The van der Waals surface area contributed by atoms with Crippen molar-refractivity contribution in [3.63, 3.8) is 0 Å². The van der Waals surface area contributed by atoms with Gasteiger partial charge in [-0.25, -0.2) is 9.07 Å². The quantitative estimate of drug-likeness (QED) is 0.636. The first-order valence-electron chi connectivity index (χ1n) is 5.41. The molecule has 0 aliphatic carbocycles. The van der Waals surface area contributed by atoms with Crippen LogP contribution in [0.25, 0.3) is 11.4 Å². The van der Waals surface area contributed by atoms with Gasteiger partial charge in [-0.05, 0) is 19.1 Å². The van der Waals surface area contributed by atoms with Crippen molar-refractivity contribution in [2.45, 2.75) is 17.3 Å². The standard InChI is InChI=1S/C11H12FN5OS/c1-6(9(13)18)19-11-16-15-10(17(11)14)7-3-2-4-8(12)5-7/h2-6H,14H2,1H3,(H2,13,18)/t6-/m0/s1. The van der Waals surface area contributed by atoms with Crippen LogP contribution in [0.1, 0.15) is 6.92 Å². The Morgan fingerprint density at radius 1 is 1.47 bits per heavy atom. The highest BCUT2D eigenvalue weighted by atomic mass is 32.2. The summed E-state index contributed by atoms with van der Waals surface area (Å²) in [6.45, 7) is 1.64. The summed E-state index contributed by atoms with van der Waals surface area (Å²) < 4.78 is 14.3. The van der Waals surface area contributed by atoms with Crippen LogP contribution in [-0.2, 0) is 4.79 Å². The highest BCUT2D eigenvalue weighted by Crippen LogP contribution is 2.24. The lowest BCUT2D eigenvalue weighted by Gasteiger charge is -2.06. The van der Waals surface area contributed by atoms with E-state index >= 15 is 0 Å². The van der Waals surface area contributed by atoms with Crippen LogP contribution in [0.4, 0.5) is 4.39 Å². The van der Waals surface area contributed by atoms with Gasteiger partial charge in [-0.15, -0.1) is 10.2 Å². The van der Waals surface area contributed by atoms with Crippen molar-refractivity contribution in [1.29, 1.82) is 0 Å². The number of nitrogens with zero attached hydrogens (tertiary/aromatic N) is 3. The van der Waals surface area contributed by atoms with Crippen molar-refractivity contribution in [3.05, 3.63) is 30.1 Å². The van der Waals surface area contributed by atoms with Crippen LogP contribution in [0.15, 0.2) is 29.4 Å². The molecule has 19 heavy (non-hydrogen) atoms. The second-order valence-corrected chi connectivity index (χ2v) is 5.16. The maximum atomic E-state index is 13.1. The molecule has 1 amide bonds. The van der Waals surface area contributed by atoms with Crippen LogP contribution in [-0.4, -0.2) is 26.0 Å². The third-order valence-electron chi connectivity index (χ3n) is 2.43. The van der Waals surface area contributed by atoms with Gasteiger partial charge in [-0.2, -0.15) is 0 Å². The molecule has 2 rings (SSSR count). The van der Waals surface area contributed by atoms with Gasteiger partial charge in [0.1, 0.15) is 5.82 Å². The van der Waals surface area contributed by atoms with Gasteiger partial charge in [0, 0.05) is 5.56 Å². The Labute approximate surface area is 113 Å². The summed E-state index contributed by atoms with van der Waals surface area (Å²) in [5.41, 5.74) is 5.67. The van der Waals surface area contributed by atoms with E-state index in [0.29, 0.717) is 16.5 Å². The maximum absolute atomic E-state index is 13.1. The molecule has 6 nitrogen and oxygen atoms in total. The first-order chi connectivity index (χ1) is 8.99. The lowest BCUT2D eigenvalue weighted by molar-refractivity contribution is -0.117. The number of carbonyl (C=O) groups excluding carboxylic acids is 1. The normalized spacial score (nSPS) is 12.3. The van der Waals surface area contributed by atoms with Gasteiger partial charge in [0.05, 0.1) is 5.25 Å². The van der Waals surface area contributed by atoms with Gasteiger partial charge in [0.25, 0.3) is 0 Å². The Kier molecular flexibility index (Phi) is 3.70. The van der Waals surface area contributed by atoms with Crippen molar-refractivity contribution < 1.29 is 9.18 Å². The molecule has 0 bridgehead atoms. The zero-order valence-corrected chi connectivity index (χ0v) is 10.9. The number of carbonyl (C=O) groups is 1. The van der Waals surface area contributed by atoms with Crippen molar-refractivity contribution in [2.24, 2.45) is 5.73 Å². The third kappa shape index (κ3) is 2.84. The molecule has 0 aliphatic heterocycles. The summed E-state index contributed by atoms with van der Waals surface area (Å²) in [6, 6.07) is 5.85. The maximum Gasteiger partial charge on any atom is 0.230 e. The average Bonchev–Trinajstić information content (AvgIpc) is 2.71. The molecule has 0 aliphatic rings. The topological polar surface area (TPSA) is 99.8 Å². The smallest absolute Gasteiger partial charge is 0.230 e. The number of nitrogen functional groups attached to an aromatic ring is 1. The number of hydrogen-bond acceptors (Lipinski definition) is 5. The van der Waals surface area contributed by atoms with Crippen LogP contribution in [0.2, 0.25) is 0 Å². The lowest BCUT2D eigenvalue weighted by atomic mass is 10.2. The predicted molar refractivity (Wildman–Crippen MR) is 70.1 cm³/mol. The molecule has 1 atom stereocenters. The van der Waals surface area contributed by atoms with Crippen LogP contribution < -0.4 is 11.6 Å². The predicted octanol–water partition coefficient (Wildman–Crippen LogP) is 0.764. The van der Waals surface area contributed by atoms with E-state index < -0.39 is 11.2 Å². The van der Waals surface area contributed by atoms with E-state index in [9.17, 15) is 9.18 Å². The second-order valence-electron chi connectivity index (χ2n) is 3.85. The highest BCUT2D eigenvalue weighted by Gasteiger charge is 2.18. The summed E-state index contributed by atoms with van der Waals surface area (Å²) >= 11 is 1.09. The van der Waals surface area contributed by atoms with Crippen LogP contribution >= 0.6 is 11.8 Å². The Bertz CT molecular complexity index is 615. The number of thioether (sulfide) groups is 1. The van der Waals surface area contributed by atoms with E-state index in [1.54, 1.807) is 19.1 Å². The fraction of sp³-hybridized carbons (Fsp3) is 0.182. The van der Waals surface area contributed by atoms with Gasteiger partial charge >= 0.3 is 0 Å². The fourth-order valence-electron chi connectivity index (χ4n) is 1.40. The minimum absolute atomic E-state index is 0.318. The molecule has 8 heteroatoms. The molecule has 2 aromatic rings. The van der Waals surface area contributed by atoms with E-state index in [2.05, 4.69) is 10.2 Å². The molecule has 0 unspecified atom stereocenters. The molecule has 0 fully saturated rings. The fourth-order valence-corrected chi connectivity index (χ4v) is 2.12. The summed E-state index contributed by atoms with van der Waals surface area (Å²) in [7, 11) is 0. The lowest BCUT2D eigenvalue weighted by Crippen LogP contribution is -2.23. The molecular formula is C11H12FN5OS. The molecule has 0 radical (unpaired) electrons. The highest BCUT2D eigenvalue weighted by molar-refractivity contribution is 8.00. The monoisotopic (exact) mass is 281 g/mol. The molecule has 1 aromatic carbocycles. The average molecular weight is 281 g/mol. The van der Waals surface area contributed by atoms with Crippen molar-refractivity contribution in [3.8, 4) is 11.4 Å². The van der Waals surface area contributed by atoms with Gasteiger partial charge in [-0.1, -0.05) is 23.9 Å². The summed E-state index contributed by atoms with van der Waals surface area (Å²) in [6.07, 6.45) is 0. The number of rotatable bonds is 4. The molecule has 0 spiro atoms. The zero-order valence-electron chi connectivity index (χ0n) is 10.1. The number of aromatic nitrogens is 3. The first-order valence-corrected chi connectivity index (χ1v) is 6.29. The Hall–Kier alpha value is -2.09. The minimum Gasteiger partial charge on any atom is -0.369 e. The number of halogens is 1. The van der Waals surface area contributed by atoms with Crippen LogP contribution in [0.5, 0.6) is 0 Å². The van der Waals surface area contributed by atoms with E-state index in [0.717, 1.165) is 11.8 Å². The Morgan fingerprint density at radius 2 is 2.21 bits per heavy atom. The van der Waals surface area contributed by atoms with E-state index in [1.165, 1.54) is 16.8 Å².